The SMILES string of the molecule is O=C(O)/C=C/C(=O)O.[2H]C([2H])([2H])NCc1cc(-c2ccccc2F)n(S(=O)(=O)c2cccnc2)c1. The van der Waals surface area contributed by atoms with Crippen LogP contribution in [0.1, 0.15) is 9.68 Å². The molecular weight excluding hydrogens is 441 g/mol. The summed E-state index contributed by atoms with van der Waals surface area (Å²) in [5.74, 6) is -3.10. The van der Waals surface area contributed by atoms with Crippen LogP contribution in [0.2, 0.25) is 0 Å². The third-order valence-electron chi connectivity index (χ3n) is 3.84. The van der Waals surface area contributed by atoms with E-state index in [-0.39, 0.29) is 22.7 Å². The van der Waals surface area contributed by atoms with Gasteiger partial charge in [-0.05, 0) is 42.9 Å². The van der Waals surface area contributed by atoms with E-state index in [1.807, 2.05) is 0 Å². The summed E-state index contributed by atoms with van der Waals surface area (Å²) in [5, 5.41) is 17.9. The van der Waals surface area contributed by atoms with Gasteiger partial charge in [-0.2, -0.15) is 0 Å². The Labute approximate surface area is 187 Å². The number of rotatable bonds is 7. The molecule has 2 aromatic heterocycles. The normalized spacial score (nSPS) is 12.8. The second-order valence-corrected chi connectivity index (χ2v) is 7.88. The molecule has 3 rings (SSSR count). The van der Waals surface area contributed by atoms with E-state index < -0.39 is 34.8 Å². The standard InChI is InChI=1S/C17H16FN3O2S.C4H4O4/c1-19-10-13-9-17(15-6-2-3-7-16(15)18)21(12-13)24(22,23)14-5-4-8-20-11-14;5-3(6)1-2-4(7)8/h2-9,11-12,19H,10H2,1H3;1-2H,(H,5,6)(H,7,8)/b;2-1+/i1D3;. The first kappa shape index (κ1) is 20.1. The number of aliphatic carboxylic acids is 2. The largest absolute Gasteiger partial charge is 0.478 e. The Kier molecular flexibility index (Phi) is 6.89. The predicted octanol–water partition coefficient (Wildman–Crippen LogP) is 2.36. The maximum atomic E-state index is 14.3. The lowest BCUT2D eigenvalue weighted by molar-refractivity contribution is -0.134. The lowest BCUT2D eigenvalue weighted by Gasteiger charge is -2.10. The zero-order valence-electron chi connectivity index (χ0n) is 19.3. The maximum absolute atomic E-state index is 14.3. The van der Waals surface area contributed by atoms with Gasteiger partial charge >= 0.3 is 11.9 Å². The molecule has 168 valence electrons. The summed E-state index contributed by atoms with van der Waals surface area (Å²) in [6, 6.07) is 10.1. The van der Waals surface area contributed by atoms with Crippen molar-refractivity contribution < 1.29 is 36.7 Å². The number of pyridine rings is 1. The molecule has 9 nitrogen and oxygen atoms in total. The number of benzene rings is 1. The molecule has 0 aliphatic rings. The number of hydrogen-bond donors (Lipinski definition) is 3. The molecule has 0 atom stereocenters. The minimum absolute atomic E-state index is 0.0616. The van der Waals surface area contributed by atoms with Gasteiger partial charge < -0.3 is 15.5 Å². The van der Waals surface area contributed by atoms with Crippen LogP contribution in [0.5, 0.6) is 0 Å². The highest BCUT2D eigenvalue weighted by molar-refractivity contribution is 7.90. The van der Waals surface area contributed by atoms with E-state index in [0.717, 1.165) is 3.97 Å². The summed E-state index contributed by atoms with van der Waals surface area (Å²) >= 11 is 0. The average Bonchev–Trinajstić information content (AvgIpc) is 3.22. The van der Waals surface area contributed by atoms with Crippen molar-refractivity contribution in [3.05, 3.63) is 84.6 Å². The summed E-state index contributed by atoms with van der Waals surface area (Å²) in [7, 11) is -4.05. The third kappa shape index (κ3) is 6.33. The van der Waals surface area contributed by atoms with E-state index in [0.29, 0.717) is 17.7 Å². The highest BCUT2D eigenvalue weighted by atomic mass is 32.2. The number of aromatic nitrogens is 2. The summed E-state index contributed by atoms with van der Waals surface area (Å²) in [4.78, 5) is 22.9. The predicted molar refractivity (Wildman–Crippen MR) is 114 cm³/mol. The van der Waals surface area contributed by atoms with E-state index in [2.05, 4.69) is 10.3 Å². The van der Waals surface area contributed by atoms with Crippen molar-refractivity contribution in [1.82, 2.24) is 14.3 Å². The molecule has 0 aliphatic heterocycles. The van der Waals surface area contributed by atoms with Gasteiger partial charge in [0.2, 0.25) is 0 Å². The van der Waals surface area contributed by atoms with Gasteiger partial charge in [-0.25, -0.2) is 26.4 Å². The van der Waals surface area contributed by atoms with Gasteiger partial charge in [0.05, 0.1) is 5.69 Å². The smallest absolute Gasteiger partial charge is 0.328 e. The highest BCUT2D eigenvalue weighted by Gasteiger charge is 2.23. The molecular formula is C21H20FN3O6S. The zero-order valence-corrected chi connectivity index (χ0v) is 17.2. The summed E-state index contributed by atoms with van der Waals surface area (Å²) in [5.41, 5.74) is 0.571. The van der Waals surface area contributed by atoms with E-state index in [1.54, 1.807) is 6.07 Å². The average molecular weight is 464 g/mol. The van der Waals surface area contributed by atoms with Crippen molar-refractivity contribution in [3.8, 4) is 11.3 Å². The van der Waals surface area contributed by atoms with E-state index in [4.69, 9.17) is 14.3 Å². The molecule has 0 aliphatic carbocycles. The van der Waals surface area contributed by atoms with Crippen LogP contribution in [0.15, 0.2) is 78.1 Å². The number of carboxylic acid groups (broad SMARTS) is 2. The highest BCUT2D eigenvalue weighted by Crippen LogP contribution is 2.28. The van der Waals surface area contributed by atoms with Gasteiger partial charge in [-0.15, -0.1) is 0 Å². The molecule has 0 fully saturated rings. The minimum atomic E-state index is -4.05. The molecule has 0 spiro atoms. The molecule has 1 aromatic carbocycles. The molecule has 32 heavy (non-hydrogen) atoms. The lowest BCUT2D eigenvalue weighted by Crippen LogP contribution is -2.14. The topological polar surface area (TPSA) is 139 Å². The van der Waals surface area contributed by atoms with Gasteiger partial charge in [0.1, 0.15) is 10.7 Å². The van der Waals surface area contributed by atoms with Crippen molar-refractivity contribution >= 4 is 22.0 Å². The minimum Gasteiger partial charge on any atom is -0.478 e. The van der Waals surface area contributed by atoms with Crippen LogP contribution in [0.4, 0.5) is 4.39 Å². The summed E-state index contributed by atoms with van der Waals surface area (Å²) < 4.78 is 63.0. The lowest BCUT2D eigenvalue weighted by atomic mass is 10.1. The maximum Gasteiger partial charge on any atom is 0.328 e. The molecule has 0 bridgehead atoms. The Morgan fingerprint density at radius 3 is 2.44 bits per heavy atom. The van der Waals surface area contributed by atoms with Gasteiger partial charge in [0, 0.05) is 47.0 Å². The van der Waals surface area contributed by atoms with Crippen LogP contribution in [-0.2, 0) is 26.2 Å². The Hall–Kier alpha value is -3.83. The first-order valence-electron chi connectivity index (χ1n) is 10.3. The van der Waals surface area contributed by atoms with Crippen molar-refractivity contribution in [3.63, 3.8) is 0 Å². The first-order chi connectivity index (χ1) is 16.3. The van der Waals surface area contributed by atoms with Crippen molar-refractivity contribution in [2.24, 2.45) is 0 Å². The molecule has 0 saturated heterocycles. The van der Waals surface area contributed by atoms with Crippen LogP contribution in [0.25, 0.3) is 11.3 Å². The Balaban J connectivity index is 0.000000466. The molecule has 3 aromatic rings. The second kappa shape index (κ2) is 11.0. The molecule has 0 saturated carbocycles. The number of nitrogens with one attached hydrogen (secondary N) is 1. The molecule has 0 radical (unpaired) electrons. The fraction of sp³-hybridized carbons (Fsp3) is 0.0952. The summed E-state index contributed by atoms with van der Waals surface area (Å²) in [6.07, 6.45) is 5.03. The molecule has 0 unspecified atom stereocenters. The van der Waals surface area contributed by atoms with Crippen LogP contribution < -0.4 is 5.32 Å². The van der Waals surface area contributed by atoms with Crippen LogP contribution in [0, 0.1) is 5.82 Å². The molecule has 2 heterocycles. The summed E-state index contributed by atoms with van der Waals surface area (Å²) in [6.45, 7) is -2.49. The van der Waals surface area contributed by atoms with Gasteiger partial charge in [-0.3, -0.25) is 4.98 Å². The number of halogens is 1. The fourth-order valence-electron chi connectivity index (χ4n) is 2.52. The van der Waals surface area contributed by atoms with Gasteiger partial charge in [0.25, 0.3) is 10.0 Å². The van der Waals surface area contributed by atoms with Crippen molar-refractivity contribution in [1.29, 1.82) is 0 Å². The monoisotopic (exact) mass is 464 g/mol. The number of hydrogen-bond acceptors (Lipinski definition) is 6. The zero-order chi connectivity index (χ0) is 26.2. The Morgan fingerprint density at radius 2 is 1.88 bits per heavy atom. The number of carboxylic acids is 2. The number of nitrogens with zero attached hydrogens (tertiary/aromatic N) is 2. The molecule has 3 N–H and O–H groups in total. The van der Waals surface area contributed by atoms with Crippen LogP contribution >= 0.6 is 0 Å². The number of carbonyl (C=O) groups is 2. The van der Waals surface area contributed by atoms with Crippen LogP contribution in [0.3, 0.4) is 0 Å². The van der Waals surface area contributed by atoms with E-state index in [9.17, 15) is 22.4 Å². The molecule has 0 amide bonds. The van der Waals surface area contributed by atoms with Crippen molar-refractivity contribution in [2.45, 2.75) is 11.4 Å². The first-order valence-corrected chi connectivity index (χ1v) is 10.3. The quantitative estimate of drug-likeness (QED) is 0.453. The Bertz CT molecular complexity index is 1310. The van der Waals surface area contributed by atoms with E-state index in [1.165, 1.54) is 55.0 Å². The van der Waals surface area contributed by atoms with Crippen LogP contribution in [-0.4, -0.2) is 46.5 Å². The van der Waals surface area contributed by atoms with Crippen molar-refractivity contribution in [2.75, 3.05) is 6.98 Å². The van der Waals surface area contributed by atoms with E-state index >= 15 is 0 Å². The van der Waals surface area contributed by atoms with Gasteiger partial charge in [-0.1, -0.05) is 12.1 Å². The Morgan fingerprint density at radius 1 is 1.19 bits per heavy atom. The fourth-order valence-corrected chi connectivity index (χ4v) is 3.87. The second-order valence-electron chi connectivity index (χ2n) is 6.07. The van der Waals surface area contributed by atoms with Gasteiger partial charge in [0.15, 0.2) is 0 Å². The molecule has 11 heteroatoms. The third-order valence-corrected chi connectivity index (χ3v) is 5.50.